The molecule has 2 aromatic rings. The second-order valence-electron chi connectivity index (χ2n) is 2.99. The van der Waals surface area contributed by atoms with E-state index in [0.29, 0.717) is 12.4 Å². The van der Waals surface area contributed by atoms with Crippen LogP contribution in [0.3, 0.4) is 0 Å². The van der Waals surface area contributed by atoms with E-state index in [4.69, 9.17) is 10.2 Å². The van der Waals surface area contributed by atoms with E-state index in [1.165, 1.54) is 0 Å². The molecule has 0 unspecified atom stereocenters. The summed E-state index contributed by atoms with van der Waals surface area (Å²) < 4.78 is 23.8. The third-order valence-corrected chi connectivity index (χ3v) is 3.38. The SMILES string of the molecule is O=c1[nH]c(O)cn1S(=O)(=O)n1cc(O)[nH]c1=O. The van der Waals surface area contributed by atoms with Gasteiger partial charge in [0.15, 0.2) is 0 Å². The molecule has 11 heteroatoms. The van der Waals surface area contributed by atoms with E-state index in [1.807, 2.05) is 0 Å². The first-order chi connectivity index (χ1) is 7.82. The summed E-state index contributed by atoms with van der Waals surface area (Å²) in [6.45, 7) is 0. The van der Waals surface area contributed by atoms with Gasteiger partial charge in [0, 0.05) is 0 Å². The van der Waals surface area contributed by atoms with Crippen LogP contribution in [0.5, 0.6) is 11.8 Å². The van der Waals surface area contributed by atoms with E-state index in [0.717, 1.165) is 0 Å². The molecule has 0 aliphatic heterocycles. The maximum absolute atomic E-state index is 11.8. The summed E-state index contributed by atoms with van der Waals surface area (Å²) in [4.78, 5) is 25.9. The summed E-state index contributed by atoms with van der Waals surface area (Å²) in [6, 6.07) is 0. The molecule has 10 nitrogen and oxygen atoms in total. The molecule has 2 rings (SSSR count). The molecule has 4 N–H and O–H groups in total. The van der Waals surface area contributed by atoms with Crippen LogP contribution in [0.15, 0.2) is 22.0 Å². The Balaban J connectivity index is 2.74. The molecular formula is C6H6N4O6S. The Bertz CT molecular complexity index is 714. The number of hydrogen-bond acceptors (Lipinski definition) is 6. The van der Waals surface area contributed by atoms with Crippen LogP contribution < -0.4 is 11.4 Å². The van der Waals surface area contributed by atoms with Crippen molar-refractivity contribution in [1.82, 2.24) is 17.9 Å². The Morgan fingerprint density at radius 2 is 1.29 bits per heavy atom. The Hall–Kier alpha value is -2.43. The molecule has 0 atom stereocenters. The molecule has 0 saturated heterocycles. The predicted molar refractivity (Wildman–Crippen MR) is 53.2 cm³/mol. The third kappa shape index (κ3) is 1.61. The molecule has 0 spiro atoms. The topological polar surface area (TPSA) is 150 Å². The lowest BCUT2D eigenvalue weighted by Gasteiger charge is -2.01. The van der Waals surface area contributed by atoms with Gasteiger partial charge >= 0.3 is 21.6 Å². The summed E-state index contributed by atoms with van der Waals surface area (Å²) >= 11 is 0. The van der Waals surface area contributed by atoms with E-state index < -0.39 is 33.3 Å². The van der Waals surface area contributed by atoms with Crippen LogP contribution in [0, 0.1) is 0 Å². The zero-order chi connectivity index (χ0) is 12.8. The Labute approximate surface area is 92.6 Å². The number of aromatic nitrogens is 4. The molecule has 0 aliphatic carbocycles. The standard InChI is InChI=1S/C6H6N4O6S/c11-3-1-9(5(13)7-3)17(15,16)10-2-4(12)8-6(10)14/h1-2,11-12H,(H,7,13)(H,8,14). The molecule has 0 aliphatic rings. The van der Waals surface area contributed by atoms with Gasteiger partial charge in [-0.1, -0.05) is 0 Å². The number of nitrogens with zero attached hydrogens (tertiary/aromatic N) is 2. The predicted octanol–water partition coefficient (Wildman–Crippen LogP) is -2.28. The average Bonchev–Trinajstić information content (AvgIpc) is 2.70. The minimum atomic E-state index is -4.53. The van der Waals surface area contributed by atoms with E-state index in [-0.39, 0.29) is 7.94 Å². The second-order valence-corrected chi connectivity index (χ2v) is 4.67. The highest BCUT2D eigenvalue weighted by Gasteiger charge is 2.22. The minimum Gasteiger partial charge on any atom is -0.493 e. The molecular weight excluding hydrogens is 256 g/mol. The molecule has 2 aromatic heterocycles. The Morgan fingerprint density at radius 1 is 0.941 bits per heavy atom. The fourth-order valence-corrected chi connectivity index (χ4v) is 2.34. The molecule has 0 fully saturated rings. The van der Waals surface area contributed by atoms with Crippen LogP contribution in [-0.2, 0) is 10.2 Å². The highest BCUT2D eigenvalue weighted by molar-refractivity contribution is 7.88. The molecule has 17 heavy (non-hydrogen) atoms. The van der Waals surface area contributed by atoms with Crippen LogP contribution in [0.4, 0.5) is 0 Å². The number of H-pyrrole nitrogens is 2. The Kier molecular flexibility index (Phi) is 2.13. The summed E-state index contributed by atoms with van der Waals surface area (Å²) in [6.07, 6.45) is 1.18. The van der Waals surface area contributed by atoms with Crippen molar-refractivity contribution in [3.05, 3.63) is 33.4 Å². The number of aromatic amines is 2. The maximum atomic E-state index is 11.8. The summed E-state index contributed by atoms with van der Waals surface area (Å²) in [7, 11) is -4.53. The molecule has 0 radical (unpaired) electrons. The van der Waals surface area contributed by atoms with Gasteiger partial charge in [-0.25, -0.2) is 9.59 Å². The van der Waals surface area contributed by atoms with Crippen molar-refractivity contribution in [2.24, 2.45) is 0 Å². The lowest BCUT2D eigenvalue weighted by molar-refractivity contribution is 0.455. The number of hydrogen-bond donors (Lipinski definition) is 4. The minimum absolute atomic E-state index is 0.122. The molecule has 0 aromatic carbocycles. The largest absolute Gasteiger partial charge is 0.493 e. The monoisotopic (exact) mass is 262 g/mol. The lowest BCUT2D eigenvalue weighted by Crippen LogP contribution is -2.34. The van der Waals surface area contributed by atoms with Crippen LogP contribution in [0.2, 0.25) is 0 Å². The van der Waals surface area contributed by atoms with Crippen molar-refractivity contribution >= 4 is 10.2 Å². The highest BCUT2D eigenvalue weighted by Crippen LogP contribution is 2.06. The third-order valence-electron chi connectivity index (χ3n) is 1.85. The summed E-state index contributed by atoms with van der Waals surface area (Å²) in [5.41, 5.74) is -2.29. The van der Waals surface area contributed by atoms with Gasteiger partial charge in [0.1, 0.15) is 0 Å². The van der Waals surface area contributed by atoms with E-state index in [9.17, 15) is 18.0 Å². The zero-order valence-electron chi connectivity index (χ0n) is 7.98. The molecule has 2 heterocycles. The molecule has 92 valence electrons. The van der Waals surface area contributed by atoms with Crippen molar-refractivity contribution in [2.75, 3.05) is 0 Å². The van der Waals surface area contributed by atoms with E-state index in [1.54, 1.807) is 9.97 Å². The van der Waals surface area contributed by atoms with Crippen molar-refractivity contribution in [2.45, 2.75) is 0 Å². The van der Waals surface area contributed by atoms with E-state index in [2.05, 4.69) is 0 Å². The Morgan fingerprint density at radius 3 is 1.53 bits per heavy atom. The van der Waals surface area contributed by atoms with Crippen LogP contribution in [0.25, 0.3) is 0 Å². The molecule has 0 saturated carbocycles. The first-order valence-corrected chi connectivity index (χ1v) is 5.49. The quantitative estimate of drug-likeness (QED) is 0.478. The van der Waals surface area contributed by atoms with Gasteiger partial charge < -0.3 is 10.2 Å². The fourth-order valence-electron chi connectivity index (χ4n) is 1.17. The van der Waals surface area contributed by atoms with Gasteiger partial charge in [-0.05, 0) is 0 Å². The lowest BCUT2D eigenvalue weighted by atomic mass is 10.9. The smallest absolute Gasteiger partial charge is 0.343 e. The van der Waals surface area contributed by atoms with Gasteiger partial charge in [0.05, 0.1) is 12.4 Å². The van der Waals surface area contributed by atoms with Crippen molar-refractivity contribution in [1.29, 1.82) is 0 Å². The normalized spacial score (nSPS) is 11.8. The zero-order valence-corrected chi connectivity index (χ0v) is 8.80. The van der Waals surface area contributed by atoms with Gasteiger partial charge in [0.2, 0.25) is 11.8 Å². The van der Waals surface area contributed by atoms with Crippen LogP contribution >= 0.6 is 0 Å². The molecule has 0 bridgehead atoms. The maximum Gasteiger partial charge on any atom is 0.343 e. The number of rotatable bonds is 2. The van der Waals surface area contributed by atoms with Crippen molar-refractivity contribution in [3.8, 4) is 11.8 Å². The average molecular weight is 262 g/mol. The van der Waals surface area contributed by atoms with Gasteiger partial charge in [0.25, 0.3) is 0 Å². The summed E-state index contributed by atoms with van der Waals surface area (Å²) in [5, 5.41) is 17.9. The van der Waals surface area contributed by atoms with E-state index >= 15 is 0 Å². The highest BCUT2D eigenvalue weighted by atomic mass is 32.2. The van der Waals surface area contributed by atoms with Crippen molar-refractivity contribution in [3.63, 3.8) is 0 Å². The van der Waals surface area contributed by atoms with Crippen LogP contribution in [0.1, 0.15) is 0 Å². The number of imidazole rings is 2. The van der Waals surface area contributed by atoms with Gasteiger partial charge in [-0.2, -0.15) is 16.4 Å². The fraction of sp³-hybridized carbons (Fsp3) is 0. The second kappa shape index (κ2) is 3.28. The first kappa shape index (κ1) is 11.1. The van der Waals surface area contributed by atoms with Gasteiger partial charge in [-0.3, -0.25) is 9.97 Å². The molecule has 0 amide bonds. The van der Waals surface area contributed by atoms with Crippen LogP contribution in [-0.4, -0.2) is 36.5 Å². The number of aromatic hydroxyl groups is 2. The number of nitrogens with one attached hydrogen (secondary N) is 2. The summed E-state index contributed by atoms with van der Waals surface area (Å²) in [5.74, 6) is -1.35. The first-order valence-electron chi connectivity index (χ1n) is 4.09. The van der Waals surface area contributed by atoms with Crippen molar-refractivity contribution < 1.29 is 18.6 Å². The van der Waals surface area contributed by atoms with Gasteiger partial charge in [-0.15, -0.1) is 0 Å².